The summed E-state index contributed by atoms with van der Waals surface area (Å²) in [6.45, 7) is 2.02. The highest BCUT2D eigenvalue weighted by atomic mass is 127. The predicted octanol–water partition coefficient (Wildman–Crippen LogP) is 3.37. The molecule has 2 aromatic rings. The second kappa shape index (κ2) is 6.76. The molecule has 2 N–H and O–H groups in total. The monoisotopic (exact) mass is 416 g/mol. The van der Waals surface area contributed by atoms with Gasteiger partial charge in [0.2, 0.25) is 0 Å². The minimum Gasteiger partial charge on any atom is -0.313 e. The first-order chi connectivity index (χ1) is 9.92. The molecule has 0 aliphatic rings. The van der Waals surface area contributed by atoms with Gasteiger partial charge in [-0.2, -0.15) is 0 Å². The molecule has 0 saturated carbocycles. The minimum absolute atomic E-state index is 0.186. The maximum Gasteiger partial charge on any atom is 0.261 e. The van der Waals surface area contributed by atoms with Crippen molar-refractivity contribution in [1.29, 1.82) is 0 Å². The SMILES string of the molecule is CNC(C)c1ccc(S(=O)(=O)Nc2ccc(I)cc2)cc1. The maximum atomic E-state index is 12.3. The third-order valence-electron chi connectivity index (χ3n) is 3.22. The van der Waals surface area contributed by atoms with Gasteiger partial charge >= 0.3 is 0 Å². The number of rotatable bonds is 5. The smallest absolute Gasteiger partial charge is 0.261 e. The number of sulfonamides is 1. The van der Waals surface area contributed by atoms with Gasteiger partial charge in [-0.25, -0.2) is 8.42 Å². The molecule has 0 aliphatic carbocycles. The molecule has 0 heterocycles. The van der Waals surface area contributed by atoms with Crippen molar-refractivity contribution in [1.82, 2.24) is 5.32 Å². The zero-order valence-corrected chi connectivity index (χ0v) is 14.8. The van der Waals surface area contributed by atoms with E-state index in [0.717, 1.165) is 9.13 Å². The van der Waals surface area contributed by atoms with Crippen LogP contribution >= 0.6 is 22.6 Å². The molecule has 2 aromatic carbocycles. The van der Waals surface area contributed by atoms with E-state index in [0.29, 0.717) is 5.69 Å². The lowest BCUT2D eigenvalue weighted by Gasteiger charge is -2.12. The Labute approximate surface area is 139 Å². The number of halogens is 1. The molecule has 0 saturated heterocycles. The number of nitrogens with one attached hydrogen (secondary N) is 2. The first-order valence-electron chi connectivity index (χ1n) is 6.48. The van der Waals surface area contributed by atoms with E-state index in [4.69, 9.17) is 0 Å². The van der Waals surface area contributed by atoms with Gasteiger partial charge in [0.05, 0.1) is 4.90 Å². The topological polar surface area (TPSA) is 58.2 Å². The van der Waals surface area contributed by atoms with Gasteiger partial charge in [-0.3, -0.25) is 4.72 Å². The molecule has 2 rings (SSSR count). The van der Waals surface area contributed by atoms with Crippen LogP contribution in [0.25, 0.3) is 0 Å². The molecule has 0 aromatic heterocycles. The van der Waals surface area contributed by atoms with Crippen molar-refractivity contribution in [2.45, 2.75) is 17.9 Å². The van der Waals surface area contributed by atoms with Crippen LogP contribution in [-0.4, -0.2) is 15.5 Å². The van der Waals surface area contributed by atoms with Crippen molar-refractivity contribution < 1.29 is 8.42 Å². The van der Waals surface area contributed by atoms with Crippen LogP contribution < -0.4 is 10.0 Å². The molecule has 0 radical (unpaired) electrons. The van der Waals surface area contributed by atoms with Crippen LogP contribution in [0.2, 0.25) is 0 Å². The van der Waals surface area contributed by atoms with Crippen molar-refractivity contribution in [2.75, 3.05) is 11.8 Å². The maximum absolute atomic E-state index is 12.3. The third-order valence-corrected chi connectivity index (χ3v) is 5.34. The van der Waals surface area contributed by atoms with Gasteiger partial charge < -0.3 is 5.32 Å². The lowest BCUT2D eigenvalue weighted by molar-refractivity contribution is 0.601. The van der Waals surface area contributed by atoms with Crippen LogP contribution in [0.5, 0.6) is 0 Å². The van der Waals surface area contributed by atoms with Gasteiger partial charge in [0, 0.05) is 15.3 Å². The standard InChI is InChI=1S/C15H17IN2O2S/c1-11(17-2)12-3-9-15(10-4-12)21(19,20)18-14-7-5-13(16)6-8-14/h3-11,17-18H,1-2H3. The van der Waals surface area contributed by atoms with Gasteiger partial charge in [-0.05, 0) is 78.5 Å². The predicted molar refractivity (Wildman–Crippen MR) is 93.9 cm³/mol. The highest BCUT2D eigenvalue weighted by Gasteiger charge is 2.14. The van der Waals surface area contributed by atoms with E-state index >= 15 is 0 Å². The molecule has 1 atom stereocenters. The minimum atomic E-state index is -3.55. The van der Waals surface area contributed by atoms with Crippen LogP contribution in [0.4, 0.5) is 5.69 Å². The van der Waals surface area contributed by atoms with Crippen LogP contribution in [0.3, 0.4) is 0 Å². The van der Waals surface area contributed by atoms with E-state index in [1.165, 1.54) is 0 Å². The second-order valence-corrected chi connectivity index (χ2v) is 7.62. The summed E-state index contributed by atoms with van der Waals surface area (Å²) < 4.78 is 28.3. The molecule has 0 spiro atoms. The Balaban J connectivity index is 2.21. The molecule has 0 fully saturated rings. The van der Waals surface area contributed by atoms with Gasteiger partial charge in [0.25, 0.3) is 10.0 Å². The van der Waals surface area contributed by atoms with Crippen LogP contribution in [0.15, 0.2) is 53.4 Å². The number of anilines is 1. The first-order valence-corrected chi connectivity index (χ1v) is 9.04. The molecule has 4 nitrogen and oxygen atoms in total. The van der Waals surface area contributed by atoms with Gasteiger partial charge in [0.1, 0.15) is 0 Å². The second-order valence-electron chi connectivity index (χ2n) is 4.69. The summed E-state index contributed by atoms with van der Waals surface area (Å²) in [5.74, 6) is 0. The fourth-order valence-electron chi connectivity index (χ4n) is 1.83. The van der Waals surface area contributed by atoms with Gasteiger partial charge in [-0.15, -0.1) is 0 Å². The molecular formula is C15H17IN2O2S. The Bertz CT molecular complexity index is 697. The Morgan fingerprint density at radius 2 is 1.57 bits per heavy atom. The number of benzene rings is 2. The lowest BCUT2D eigenvalue weighted by Crippen LogP contribution is -2.14. The Morgan fingerprint density at radius 1 is 1.00 bits per heavy atom. The molecule has 0 aliphatic heterocycles. The van der Waals surface area contributed by atoms with Crippen LogP contribution in [0.1, 0.15) is 18.5 Å². The summed E-state index contributed by atoms with van der Waals surface area (Å²) in [5, 5.41) is 3.12. The van der Waals surface area contributed by atoms with Crippen LogP contribution in [-0.2, 0) is 10.0 Å². The molecule has 6 heteroatoms. The van der Waals surface area contributed by atoms with Crippen molar-refractivity contribution >= 4 is 38.3 Å². The molecular weight excluding hydrogens is 399 g/mol. The van der Waals surface area contributed by atoms with Crippen molar-refractivity contribution in [2.24, 2.45) is 0 Å². The van der Waals surface area contributed by atoms with E-state index in [9.17, 15) is 8.42 Å². The van der Waals surface area contributed by atoms with Gasteiger partial charge in [0.15, 0.2) is 0 Å². The average Bonchev–Trinajstić information content (AvgIpc) is 2.49. The van der Waals surface area contributed by atoms with E-state index in [1.54, 1.807) is 24.3 Å². The molecule has 1 unspecified atom stereocenters. The molecule has 112 valence electrons. The van der Waals surface area contributed by atoms with E-state index < -0.39 is 10.0 Å². The highest BCUT2D eigenvalue weighted by molar-refractivity contribution is 14.1. The average molecular weight is 416 g/mol. The van der Waals surface area contributed by atoms with Crippen molar-refractivity contribution in [3.05, 3.63) is 57.7 Å². The van der Waals surface area contributed by atoms with E-state index in [1.807, 2.05) is 38.2 Å². The molecule has 21 heavy (non-hydrogen) atoms. The van der Waals surface area contributed by atoms with Crippen molar-refractivity contribution in [3.8, 4) is 0 Å². The zero-order chi connectivity index (χ0) is 15.5. The van der Waals surface area contributed by atoms with E-state index in [2.05, 4.69) is 32.6 Å². The Kier molecular flexibility index (Phi) is 5.23. The largest absolute Gasteiger partial charge is 0.313 e. The van der Waals surface area contributed by atoms with Crippen LogP contribution in [0, 0.1) is 3.57 Å². The summed E-state index contributed by atoms with van der Waals surface area (Å²) in [7, 11) is -1.68. The first kappa shape index (κ1) is 16.3. The summed E-state index contributed by atoms with van der Waals surface area (Å²) in [5.41, 5.74) is 1.61. The zero-order valence-electron chi connectivity index (χ0n) is 11.8. The fourth-order valence-corrected chi connectivity index (χ4v) is 3.25. The quantitative estimate of drug-likeness (QED) is 0.735. The van der Waals surface area contributed by atoms with E-state index in [-0.39, 0.29) is 10.9 Å². The highest BCUT2D eigenvalue weighted by Crippen LogP contribution is 2.19. The number of hydrogen-bond acceptors (Lipinski definition) is 3. The Morgan fingerprint density at radius 3 is 2.10 bits per heavy atom. The van der Waals surface area contributed by atoms with Gasteiger partial charge in [-0.1, -0.05) is 12.1 Å². The normalized spacial score (nSPS) is 12.9. The Hall–Kier alpha value is -1.12. The molecule has 0 amide bonds. The third kappa shape index (κ3) is 4.18. The summed E-state index contributed by atoms with van der Waals surface area (Å²) >= 11 is 2.18. The summed E-state index contributed by atoms with van der Waals surface area (Å²) in [4.78, 5) is 0.258. The van der Waals surface area contributed by atoms with Crippen molar-refractivity contribution in [3.63, 3.8) is 0 Å². The molecule has 0 bridgehead atoms. The number of hydrogen-bond donors (Lipinski definition) is 2. The fraction of sp³-hybridized carbons (Fsp3) is 0.200. The summed E-state index contributed by atoms with van der Waals surface area (Å²) in [6, 6.07) is 14.3. The summed E-state index contributed by atoms with van der Waals surface area (Å²) in [6.07, 6.45) is 0. The lowest BCUT2D eigenvalue weighted by atomic mass is 10.1.